The molecule has 7 heteroatoms. The van der Waals surface area contributed by atoms with Crippen LogP contribution in [-0.4, -0.2) is 36.8 Å². The van der Waals surface area contributed by atoms with Gasteiger partial charge in [-0.05, 0) is 35.9 Å². The lowest BCUT2D eigenvalue weighted by atomic mass is 9.92. The molecule has 0 saturated heterocycles. The summed E-state index contributed by atoms with van der Waals surface area (Å²) < 4.78 is 10.5. The van der Waals surface area contributed by atoms with Crippen LogP contribution in [0.4, 0.5) is 5.69 Å². The van der Waals surface area contributed by atoms with Gasteiger partial charge in [0.2, 0.25) is 0 Å². The van der Waals surface area contributed by atoms with Crippen LogP contribution < -0.4 is 14.4 Å². The molecule has 0 aromatic heterocycles. The normalized spacial score (nSPS) is 15.3. The molecule has 162 valence electrons. The number of amidine groups is 1. The van der Waals surface area contributed by atoms with E-state index in [4.69, 9.17) is 9.47 Å². The van der Waals surface area contributed by atoms with E-state index in [1.54, 1.807) is 26.4 Å². The zero-order valence-electron chi connectivity index (χ0n) is 18.3. The molecule has 1 aliphatic rings. The SMILES string of the molecule is COc1ccc(/C=C2\N=C(SCC(=O)C(C)(C)C)N(c3cccc(OC)c3)C2=O)cc1. The Morgan fingerprint density at radius 2 is 1.74 bits per heavy atom. The number of thioether (sulfide) groups is 1. The zero-order valence-corrected chi connectivity index (χ0v) is 19.2. The highest BCUT2D eigenvalue weighted by molar-refractivity contribution is 8.14. The molecule has 1 heterocycles. The third kappa shape index (κ3) is 5.35. The van der Waals surface area contributed by atoms with E-state index >= 15 is 0 Å². The fourth-order valence-corrected chi connectivity index (χ4v) is 3.95. The van der Waals surface area contributed by atoms with Gasteiger partial charge in [-0.1, -0.05) is 50.7 Å². The molecule has 3 rings (SSSR count). The van der Waals surface area contributed by atoms with Gasteiger partial charge in [-0.25, -0.2) is 4.99 Å². The van der Waals surface area contributed by atoms with E-state index in [1.807, 2.05) is 63.2 Å². The van der Waals surface area contributed by atoms with Crippen molar-refractivity contribution >= 4 is 40.4 Å². The van der Waals surface area contributed by atoms with Gasteiger partial charge in [0.1, 0.15) is 23.0 Å². The van der Waals surface area contributed by atoms with Gasteiger partial charge in [-0.3, -0.25) is 14.5 Å². The molecule has 0 N–H and O–H groups in total. The molecular weight excluding hydrogens is 412 g/mol. The summed E-state index contributed by atoms with van der Waals surface area (Å²) in [4.78, 5) is 31.8. The summed E-state index contributed by atoms with van der Waals surface area (Å²) in [6.07, 6.45) is 1.73. The molecule has 0 saturated carbocycles. The summed E-state index contributed by atoms with van der Waals surface area (Å²) >= 11 is 1.26. The van der Waals surface area contributed by atoms with Crippen molar-refractivity contribution in [2.75, 3.05) is 24.9 Å². The van der Waals surface area contributed by atoms with E-state index < -0.39 is 5.41 Å². The number of benzene rings is 2. The third-order valence-corrected chi connectivity index (χ3v) is 5.67. The summed E-state index contributed by atoms with van der Waals surface area (Å²) in [7, 11) is 3.18. The van der Waals surface area contributed by atoms with E-state index in [1.165, 1.54) is 16.7 Å². The Kier molecular flexibility index (Phi) is 6.85. The molecule has 0 spiro atoms. The zero-order chi connectivity index (χ0) is 22.6. The van der Waals surface area contributed by atoms with Crippen LogP contribution in [0.5, 0.6) is 11.5 Å². The van der Waals surface area contributed by atoms with E-state index in [0.717, 1.165) is 11.3 Å². The number of nitrogens with zero attached hydrogens (tertiary/aromatic N) is 2. The molecule has 0 aliphatic carbocycles. The molecular formula is C24H26N2O4S. The van der Waals surface area contributed by atoms with Gasteiger partial charge in [0.25, 0.3) is 5.91 Å². The Hall–Kier alpha value is -3.06. The highest BCUT2D eigenvalue weighted by atomic mass is 32.2. The number of hydrogen-bond donors (Lipinski definition) is 0. The number of ketones is 1. The van der Waals surface area contributed by atoms with Crippen LogP contribution in [0.1, 0.15) is 26.3 Å². The summed E-state index contributed by atoms with van der Waals surface area (Å²) in [5.74, 6) is 1.43. The molecule has 2 aromatic rings. The summed E-state index contributed by atoms with van der Waals surface area (Å²) in [6, 6.07) is 14.6. The fraction of sp³-hybridized carbons (Fsp3) is 0.292. The van der Waals surface area contributed by atoms with E-state index in [0.29, 0.717) is 22.3 Å². The number of aliphatic imine (C=N–C) groups is 1. The maximum atomic E-state index is 13.3. The number of methoxy groups -OCH3 is 2. The summed E-state index contributed by atoms with van der Waals surface area (Å²) in [5.41, 5.74) is 1.31. The molecule has 0 radical (unpaired) electrons. The molecule has 1 aliphatic heterocycles. The minimum atomic E-state index is -0.460. The molecule has 6 nitrogen and oxygen atoms in total. The number of hydrogen-bond acceptors (Lipinski definition) is 6. The van der Waals surface area contributed by atoms with E-state index in [-0.39, 0.29) is 17.4 Å². The first-order chi connectivity index (χ1) is 14.7. The van der Waals surface area contributed by atoms with Crippen molar-refractivity contribution in [3.05, 3.63) is 59.8 Å². The van der Waals surface area contributed by atoms with Gasteiger partial charge in [0.15, 0.2) is 5.17 Å². The summed E-state index contributed by atoms with van der Waals surface area (Å²) in [5, 5.41) is 0.468. The van der Waals surface area contributed by atoms with E-state index in [2.05, 4.69) is 4.99 Å². The number of Topliss-reactive ketones (excluding diaryl/α,β-unsaturated/α-hetero) is 1. The maximum absolute atomic E-state index is 13.3. The maximum Gasteiger partial charge on any atom is 0.283 e. The lowest BCUT2D eigenvalue weighted by molar-refractivity contribution is -0.123. The van der Waals surface area contributed by atoms with Crippen molar-refractivity contribution in [1.29, 1.82) is 0 Å². The first-order valence-corrected chi connectivity index (χ1v) is 10.8. The minimum absolute atomic E-state index is 0.0887. The highest BCUT2D eigenvalue weighted by Gasteiger charge is 2.33. The first kappa shape index (κ1) is 22.6. The van der Waals surface area contributed by atoms with Crippen LogP contribution in [-0.2, 0) is 9.59 Å². The minimum Gasteiger partial charge on any atom is -0.497 e. The lowest BCUT2D eigenvalue weighted by Gasteiger charge is -2.20. The number of rotatable bonds is 6. The predicted molar refractivity (Wildman–Crippen MR) is 126 cm³/mol. The standard InChI is InChI=1S/C24H26N2O4S/c1-24(2,3)21(27)15-31-23-25-20(13-16-9-11-18(29-4)12-10-16)22(28)26(23)17-7-6-8-19(14-17)30-5/h6-14H,15H2,1-5H3/b20-13-. The fourth-order valence-electron chi connectivity index (χ4n) is 2.77. The Morgan fingerprint density at radius 1 is 1.06 bits per heavy atom. The molecule has 0 atom stereocenters. The van der Waals surface area contributed by atoms with Crippen molar-refractivity contribution in [2.24, 2.45) is 10.4 Å². The lowest BCUT2D eigenvalue weighted by Crippen LogP contribution is -2.31. The number of anilines is 1. The third-order valence-electron chi connectivity index (χ3n) is 4.73. The smallest absolute Gasteiger partial charge is 0.283 e. The first-order valence-electron chi connectivity index (χ1n) is 9.82. The van der Waals surface area contributed by atoms with Crippen LogP contribution in [0.2, 0.25) is 0 Å². The Morgan fingerprint density at radius 3 is 2.35 bits per heavy atom. The van der Waals surface area contributed by atoms with Gasteiger partial charge in [0, 0.05) is 11.5 Å². The molecule has 0 bridgehead atoms. The topological polar surface area (TPSA) is 68.2 Å². The average Bonchev–Trinajstić information content (AvgIpc) is 3.06. The second-order valence-corrected chi connectivity index (χ2v) is 8.94. The molecule has 2 aromatic carbocycles. The van der Waals surface area contributed by atoms with Crippen LogP contribution in [0.15, 0.2) is 59.2 Å². The van der Waals surface area contributed by atoms with Crippen molar-refractivity contribution < 1.29 is 19.1 Å². The highest BCUT2D eigenvalue weighted by Crippen LogP contribution is 2.32. The van der Waals surface area contributed by atoms with Crippen LogP contribution in [0, 0.1) is 5.41 Å². The second kappa shape index (κ2) is 9.39. The van der Waals surface area contributed by atoms with Gasteiger partial charge in [0.05, 0.1) is 25.7 Å². The Balaban J connectivity index is 1.95. The van der Waals surface area contributed by atoms with Crippen molar-refractivity contribution in [3.63, 3.8) is 0 Å². The average molecular weight is 439 g/mol. The summed E-state index contributed by atoms with van der Waals surface area (Å²) in [6.45, 7) is 5.64. The molecule has 0 fully saturated rings. The van der Waals surface area contributed by atoms with E-state index in [9.17, 15) is 9.59 Å². The quantitative estimate of drug-likeness (QED) is 0.606. The van der Waals surface area contributed by atoms with Crippen LogP contribution >= 0.6 is 11.8 Å². The predicted octanol–water partition coefficient (Wildman–Crippen LogP) is 4.80. The van der Waals surface area contributed by atoms with Crippen LogP contribution in [0.25, 0.3) is 6.08 Å². The molecule has 0 unspecified atom stereocenters. The Bertz CT molecular complexity index is 1040. The number of carbonyl (C=O) groups excluding carboxylic acids is 2. The number of ether oxygens (including phenoxy) is 2. The second-order valence-electron chi connectivity index (χ2n) is 8.00. The van der Waals surface area contributed by atoms with Crippen molar-refractivity contribution in [1.82, 2.24) is 0 Å². The van der Waals surface area contributed by atoms with Crippen molar-refractivity contribution in [3.8, 4) is 11.5 Å². The molecule has 31 heavy (non-hydrogen) atoms. The largest absolute Gasteiger partial charge is 0.497 e. The van der Waals surface area contributed by atoms with Gasteiger partial charge >= 0.3 is 0 Å². The molecule has 1 amide bonds. The van der Waals surface area contributed by atoms with Gasteiger partial charge < -0.3 is 9.47 Å². The van der Waals surface area contributed by atoms with Crippen LogP contribution in [0.3, 0.4) is 0 Å². The van der Waals surface area contributed by atoms with Crippen molar-refractivity contribution in [2.45, 2.75) is 20.8 Å². The number of carbonyl (C=O) groups is 2. The Labute approximate surface area is 187 Å². The number of amides is 1. The monoisotopic (exact) mass is 438 g/mol. The van der Waals surface area contributed by atoms with Gasteiger partial charge in [-0.15, -0.1) is 0 Å². The van der Waals surface area contributed by atoms with Gasteiger partial charge in [-0.2, -0.15) is 0 Å².